The first kappa shape index (κ1) is 19.9. The molecular weight excluding hydrogens is 429 g/mol. The molecule has 0 fully saturated rings. The van der Waals surface area contributed by atoms with Crippen molar-refractivity contribution in [2.45, 2.75) is 6.04 Å². The molecule has 0 aliphatic heterocycles. The van der Waals surface area contributed by atoms with Crippen molar-refractivity contribution >= 4 is 21.8 Å². The Morgan fingerprint density at radius 3 is 2.43 bits per heavy atom. The van der Waals surface area contributed by atoms with E-state index in [1.54, 1.807) is 41.2 Å². The van der Waals surface area contributed by atoms with Crippen molar-refractivity contribution < 1.29 is 18.7 Å². The van der Waals surface area contributed by atoms with E-state index in [-0.39, 0.29) is 5.91 Å². The molecule has 1 atom stereocenters. The Kier molecular flexibility index (Phi) is 5.99. The van der Waals surface area contributed by atoms with Crippen molar-refractivity contribution in [1.82, 2.24) is 14.9 Å². The van der Waals surface area contributed by atoms with E-state index < -0.39 is 11.9 Å². The molecule has 8 heteroatoms. The summed E-state index contributed by atoms with van der Waals surface area (Å²) in [5, 5.41) is 2.93. The molecule has 146 valence electrons. The van der Waals surface area contributed by atoms with Gasteiger partial charge in [-0.05, 0) is 45.8 Å². The van der Waals surface area contributed by atoms with Crippen LogP contribution in [0.3, 0.4) is 0 Å². The number of hydrogen-bond acceptors (Lipinski definition) is 4. The van der Waals surface area contributed by atoms with Crippen LogP contribution in [0.2, 0.25) is 0 Å². The van der Waals surface area contributed by atoms with Crippen LogP contribution < -0.4 is 14.8 Å². The minimum atomic E-state index is -0.635. The zero-order chi connectivity index (χ0) is 20.3. The van der Waals surface area contributed by atoms with Crippen molar-refractivity contribution in [2.24, 2.45) is 7.05 Å². The average molecular weight is 448 g/mol. The number of aromatic nitrogens is 2. The molecule has 0 unspecified atom stereocenters. The van der Waals surface area contributed by atoms with E-state index in [2.05, 4.69) is 26.2 Å². The summed E-state index contributed by atoms with van der Waals surface area (Å²) in [4.78, 5) is 17.3. The third kappa shape index (κ3) is 4.01. The Bertz CT molecular complexity index is 981. The Morgan fingerprint density at radius 2 is 1.89 bits per heavy atom. The number of carbonyl (C=O) groups excluding carboxylic acids is 1. The normalized spacial score (nSPS) is 11.8. The number of imidazole rings is 1. The van der Waals surface area contributed by atoms with E-state index in [1.807, 2.05) is 7.05 Å². The first-order chi connectivity index (χ1) is 13.4. The maximum absolute atomic E-state index is 13.8. The lowest BCUT2D eigenvalue weighted by Gasteiger charge is -2.20. The summed E-state index contributed by atoms with van der Waals surface area (Å²) in [5.74, 6) is 0.738. The molecule has 3 rings (SSSR count). The molecule has 3 aromatic rings. The quantitative estimate of drug-likeness (QED) is 0.622. The Labute approximate surface area is 170 Å². The van der Waals surface area contributed by atoms with Crippen molar-refractivity contribution in [3.05, 3.63) is 76.0 Å². The topological polar surface area (TPSA) is 65.4 Å². The molecule has 0 spiro atoms. The number of ether oxygens (including phenoxy) is 2. The summed E-state index contributed by atoms with van der Waals surface area (Å²) in [7, 11) is 4.82. The number of rotatable bonds is 6. The number of nitrogens with one attached hydrogen (secondary N) is 1. The van der Waals surface area contributed by atoms with Gasteiger partial charge in [0.15, 0.2) is 0 Å². The summed E-state index contributed by atoms with van der Waals surface area (Å²) >= 11 is 3.38. The maximum Gasteiger partial charge on any atom is 0.252 e. The first-order valence-electron chi connectivity index (χ1n) is 8.39. The maximum atomic E-state index is 13.8. The molecule has 0 bridgehead atoms. The number of aryl methyl sites for hydroxylation is 1. The van der Waals surface area contributed by atoms with E-state index in [0.29, 0.717) is 32.9 Å². The summed E-state index contributed by atoms with van der Waals surface area (Å²) in [5.41, 5.74) is 0.922. The van der Waals surface area contributed by atoms with Gasteiger partial charge in [0.1, 0.15) is 33.7 Å². The lowest BCUT2D eigenvalue weighted by atomic mass is 10.0. The zero-order valence-electron chi connectivity index (χ0n) is 15.6. The number of benzene rings is 2. The highest BCUT2D eigenvalue weighted by Crippen LogP contribution is 2.36. The summed E-state index contributed by atoms with van der Waals surface area (Å²) in [6.07, 6.45) is 3.39. The van der Waals surface area contributed by atoms with E-state index in [4.69, 9.17) is 9.47 Å². The number of hydrogen-bond donors (Lipinski definition) is 1. The van der Waals surface area contributed by atoms with Gasteiger partial charge in [-0.3, -0.25) is 4.79 Å². The number of amides is 1. The fraction of sp³-hybridized carbons (Fsp3) is 0.200. The van der Waals surface area contributed by atoms with Crippen LogP contribution in [0, 0.1) is 5.82 Å². The van der Waals surface area contributed by atoms with Crippen LogP contribution in [0.15, 0.2) is 53.3 Å². The predicted molar refractivity (Wildman–Crippen MR) is 106 cm³/mol. The smallest absolute Gasteiger partial charge is 0.252 e. The molecule has 6 nitrogen and oxygen atoms in total. The van der Waals surface area contributed by atoms with Gasteiger partial charge in [-0.1, -0.05) is 12.1 Å². The second-order valence-corrected chi connectivity index (χ2v) is 6.85. The van der Waals surface area contributed by atoms with E-state index in [1.165, 1.54) is 26.4 Å². The Balaban J connectivity index is 2.00. The number of halogens is 2. The fourth-order valence-electron chi connectivity index (χ4n) is 2.85. The lowest BCUT2D eigenvalue weighted by Crippen LogP contribution is -2.31. The van der Waals surface area contributed by atoms with Gasteiger partial charge in [-0.15, -0.1) is 0 Å². The molecule has 0 saturated heterocycles. The predicted octanol–water partition coefficient (Wildman–Crippen LogP) is 3.86. The molecule has 0 saturated carbocycles. The molecule has 28 heavy (non-hydrogen) atoms. The van der Waals surface area contributed by atoms with Gasteiger partial charge >= 0.3 is 0 Å². The van der Waals surface area contributed by atoms with Crippen molar-refractivity contribution in [3.8, 4) is 11.5 Å². The van der Waals surface area contributed by atoms with Gasteiger partial charge in [0.05, 0.1) is 14.2 Å². The molecule has 1 amide bonds. The highest BCUT2D eigenvalue weighted by atomic mass is 79.9. The highest BCUT2D eigenvalue weighted by molar-refractivity contribution is 9.10. The summed E-state index contributed by atoms with van der Waals surface area (Å²) in [6.45, 7) is 0. The molecule has 0 aliphatic rings. The second kappa shape index (κ2) is 8.43. The second-order valence-electron chi connectivity index (χ2n) is 6.05. The SMILES string of the molecule is COc1cc(C(=O)N[C@@H](c2cccc(F)c2)c2nccn2C)cc(OC)c1Br. The minimum Gasteiger partial charge on any atom is -0.495 e. The number of methoxy groups -OCH3 is 2. The highest BCUT2D eigenvalue weighted by Gasteiger charge is 2.23. The van der Waals surface area contributed by atoms with Crippen LogP contribution in [0.5, 0.6) is 11.5 Å². The van der Waals surface area contributed by atoms with Crippen LogP contribution in [-0.2, 0) is 7.05 Å². The largest absolute Gasteiger partial charge is 0.495 e. The summed E-state index contributed by atoms with van der Waals surface area (Å²) < 4.78 is 26.8. The van der Waals surface area contributed by atoms with Gasteiger partial charge in [0, 0.05) is 25.0 Å². The Morgan fingerprint density at radius 1 is 1.21 bits per heavy atom. The molecule has 2 aromatic carbocycles. The molecule has 1 aromatic heterocycles. The van der Waals surface area contributed by atoms with Gasteiger partial charge in [-0.2, -0.15) is 0 Å². The van der Waals surface area contributed by atoms with Crippen molar-refractivity contribution in [3.63, 3.8) is 0 Å². The minimum absolute atomic E-state index is 0.340. The van der Waals surface area contributed by atoms with Gasteiger partial charge in [-0.25, -0.2) is 9.37 Å². The van der Waals surface area contributed by atoms with Gasteiger partial charge < -0.3 is 19.4 Å². The van der Waals surface area contributed by atoms with Crippen LogP contribution in [0.1, 0.15) is 27.8 Å². The molecule has 1 N–H and O–H groups in total. The van der Waals surface area contributed by atoms with Crippen LogP contribution in [0.4, 0.5) is 4.39 Å². The van der Waals surface area contributed by atoms with Crippen molar-refractivity contribution in [1.29, 1.82) is 0 Å². The number of nitrogens with zero attached hydrogens (tertiary/aromatic N) is 2. The number of carbonyl (C=O) groups is 1. The van der Waals surface area contributed by atoms with E-state index in [9.17, 15) is 9.18 Å². The Hall–Kier alpha value is -2.87. The van der Waals surface area contributed by atoms with Crippen LogP contribution >= 0.6 is 15.9 Å². The standard InChI is InChI=1S/C20H19BrFN3O3/c1-25-8-7-23-19(25)18(12-5-4-6-14(22)9-12)24-20(26)13-10-15(27-2)17(21)16(11-13)28-3/h4-11,18H,1-3H3,(H,24,26)/t18-/m0/s1. The first-order valence-corrected chi connectivity index (χ1v) is 9.19. The molecule has 0 radical (unpaired) electrons. The van der Waals surface area contributed by atoms with Gasteiger partial charge in [0.2, 0.25) is 0 Å². The van der Waals surface area contributed by atoms with Crippen molar-refractivity contribution in [2.75, 3.05) is 14.2 Å². The molecule has 1 heterocycles. The summed E-state index contributed by atoms with van der Waals surface area (Å²) in [6, 6.07) is 8.63. The zero-order valence-corrected chi connectivity index (χ0v) is 17.2. The average Bonchev–Trinajstić information content (AvgIpc) is 3.11. The monoisotopic (exact) mass is 447 g/mol. The fourth-order valence-corrected chi connectivity index (χ4v) is 3.41. The molecular formula is C20H19BrFN3O3. The van der Waals surface area contributed by atoms with E-state index >= 15 is 0 Å². The molecule has 0 aliphatic carbocycles. The third-order valence-corrected chi connectivity index (χ3v) is 5.06. The van der Waals surface area contributed by atoms with Gasteiger partial charge in [0.25, 0.3) is 5.91 Å². The van der Waals surface area contributed by atoms with E-state index in [0.717, 1.165) is 0 Å². The van der Waals surface area contributed by atoms with Crippen LogP contribution in [0.25, 0.3) is 0 Å². The van der Waals surface area contributed by atoms with Crippen LogP contribution in [-0.4, -0.2) is 29.7 Å². The third-order valence-electron chi connectivity index (χ3n) is 4.28. The lowest BCUT2D eigenvalue weighted by molar-refractivity contribution is 0.0940.